The molecule has 0 N–H and O–H groups in total. The van der Waals surface area contributed by atoms with E-state index in [1.165, 1.54) is 4.31 Å². The summed E-state index contributed by atoms with van der Waals surface area (Å²) in [6.45, 7) is 3.34. The van der Waals surface area contributed by atoms with Crippen LogP contribution in [0.15, 0.2) is 52.5 Å². The van der Waals surface area contributed by atoms with Gasteiger partial charge >= 0.3 is 0 Å². The summed E-state index contributed by atoms with van der Waals surface area (Å²) in [6, 6.07) is 12.2. The quantitative estimate of drug-likeness (QED) is 0.790. The maximum atomic E-state index is 13.5. The second-order valence-corrected chi connectivity index (χ2v) is 8.90. The van der Waals surface area contributed by atoms with E-state index in [0.717, 1.165) is 24.3 Å². The molecule has 1 atom stereocenters. The van der Waals surface area contributed by atoms with Crippen LogP contribution in [0.3, 0.4) is 0 Å². The summed E-state index contributed by atoms with van der Waals surface area (Å²) in [7, 11) is -0.132. The van der Waals surface area contributed by atoms with Crippen molar-refractivity contribution in [3.05, 3.63) is 42.5 Å². The van der Waals surface area contributed by atoms with Crippen LogP contribution in [0.4, 0.5) is 17.1 Å². The number of rotatable bonds is 4. The molecule has 148 valence electrons. The summed E-state index contributed by atoms with van der Waals surface area (Å²) in [6.07, 6.45) is 2.76. The molecule has 0 saturated heterocycles. The molecule has 2 aliphatic heterocycles. The Kier molecular flexibility index (Phi) is 4.66. The lowest BCUT2D eigenvalue weighted by Gasteiger charge is -2.41. The van der Waals surface area contributed by atoms with E-state index >= 15 is 0 Å². The highest BCUT2D eigenvalue weighted by molar-refractivity contribution is 7.92. The number of hydrogen-bond acceptors (Lipinski definition) is 6. The number of nitrogens with zero attached hydrogens (tertiary/aromatic N) is 4. The van der Waals surface area contributed by atoms with E-state index in [1.54, 1.807) is 25.3 Å². The monoisotopic (exact) mass is 400 g/mol. The van der Waals surface area contributed by atoms with Gasteiger partial charge in [-0.3, -0.25) is 9.31 Å². The lowest BCUT2D eigenvalue weighted by Crippen LogP contribution is -2.49. The lowest BCUT2D eigenvalue weighted by molar-refractivity contribution is 0.414. The fourth-order valence-corrected chi connectivity index (χ4v) is 5.45. The Morgan fingerprint density at radius 3 is 2.50 bits per heavy atom. The number of sulfonamides is 1. The molecule has 0 fully saturated rings. The second-order valence-electron chi connectivity index (χ2n) is 7.09. The smallest absolute Gasteiger partial charge is 0.264 e. The molecular weight excluding hydrogens is 376 g/mol. The molecule has 7 nitrogen and oxygen atoms in total. The predicted molar refractivity (Wildman–Crippen MR) is 112 cm³/mol. The van der Waals surface area contributed by atoms with Crippen molar-refractivity contribution in [2.24, 2.45) is 5.10 Å². The fraction of sp³-hybridized carbons (Fsp3) is 0.350. The van der Waals surface area contributed by atoms with Crippen molar-refractivity contribution < 1.29 is 13.2 Å². The number of likely N-dealkylation sites (N-methyl/N-ethyl adjacent to an activating group) is 1. The standard InChI is InChI=1S/C20H24N4O3S/c1-15-14-22(2)20-13-17(27-3)7-10-19(20)24(15)28(25,26)18-8-5-16(6-9-18)23-12-4-11-21-23/h5-11,13,15H,4,12,14H2,1-3H3. The average molecular weight is 401 g/mol. The molecule has 2 aliphatic rings. The van der Waals surface area contributed by atoms with Crippen LogP contribution in [-0.4, -0.2) is 47.9 Å². The van der Waals surface area contributed by atoms with Gasteiger partial charge in [-0.1, -0.05) is 0 Å². The van der Waals surface area contributed by atoms with Gasteiger partial charge in [0.05, 0.1) is 35.1 Å². The summed E-state index contributed by atoms with van der Waals surface area (Å²) < 4.78 is 33.8. The number of benzene rings is 2. The van der Waals surface area contributed by atoms with Gasteiger partial charge in [-0.2, -0.15) is 5.10 Å². The number of anilines is 3. The number of ether oxygens (including phenoxy) is 1. The van der Waals surface area contributed by atoms with Gasteiger partial charge in [-0.25, -0.2) is 8.42 Å². The van der Waals surface area contributed by atoms with Gasteiger partial charge in [0.1, 0.15) is 5.75 Å². The van der Waals surface area contributed by atoms with E-state index in [1.807, 2.05) is 49.5 Å². The van der Waals surface area contributed by atoms with Gasteiger partial charge < -0.3 is 9.64 Å². The first-order valence-electron chi connectivity index (χ1n) is 9.25. The highest BCUT2D eigenvalue weighted by atomic mass is 32.2. The summed E-state index contributed by atoms with van der Waals surface area (Å²) >= 11 is 0. The van der Waals surface area contributed by atoms with Crippen molar-refractivity contribution in [3.63, 3.8) is 0 Å². The van der Waals surface area contributed by atoms with Crippen molar-refractivity contribution in [1.82, 2.24) is 0 Å². The zero-order valence-corrected chi connectivity index (χ0v) is 17.1. The van der Waals surface area contributed by atoms with Gasteiger partial charge in [-0.15, -0.1) is 0 Å². The first-order valence-corrected chi connectivity index (χ1v) is 10.7. The van der Waals surface area contributed by atoms with Gasteiger partial charge in [0.25, 0.3) is 10.0 Å². The van der Waals surface area contributed by atoms with Crippen LogP contribution < -0.4 is 19.0 Å². The highest BCUT2D eigenvalue weighted by Gasteiger charge is 2.36. The largest absolute Gasteiger partial charge is 0.497 e. The molecule has 0 amide bonds. The second kappa shape index (κ2) is 7.01. The van der Waals surface area contributed by atoms with Crippen LogP contribution in [0.25, 0.3) is 0 Å². The molecule has 0 aromatic heterocycles. The highest BCUT2D eigenvalue weighted by Crippen LogP contribution is 2.40. The molecule has 0 bridgehead atoms. The number of fused-ring (bicyclic) bond motifs is 1. The van der Waals surface area contributed by atoms with Crippen LogP contribution in [0.5, 0.6) is 5.75 Å². The first-order chi connectivity index (χ1) is 13.4. The van der Waals surface area contributed by atoms with E-state index in [-0.39, 0.29) is 10.9 Å². The van der Waals surface area contributed by atoms with Crippen LogP contribution in [-0.2, 0) is 10.0 Å². The zero-order valence-electron chi connectivity index (χ0n) is 16.2. The lowest BCUT2D eigenvalue weighted by atomic mass is 10.1. The molecule has 2 heterocycles. The van der Waals surface area contributed by atoms with Gasteiger partial charge in [0.15, 0.2) is 0 Å². The van der Waals surface area contributed by atoms with Crippen molar-refractivity contribution in [1.29, 1.82) is 0 Å². The Morgan fingerprint density at radius 1 is 1.11 bits per heavy atom. The van der Waals surface area contributed by atoms with Gasteiger partial charge in [0.2, 0.25) is 0 Å². The SMILES string of the molecule is COc1ccc2c(c1)N(C)CC(C)N2S(=O)(=O)c1ccc(N2CCC=N2)cc1. The maximum absolute atomic E-state index is 13.5. The molecule has 1 unspecified atom stereocenters. The minimum Gasteiger partial charge on any atom is -0.497 e. The third-order valence-electron chi connectivity index (χ3n) is 5.15. The fourth-order valence-electron chi connectivity index (χ4n) is 3.79. The molecule has 4 rings (SSSR count). The van der Waals surface area contributed by atoms with E-state index in [4.69, 9.17) is 4.74 Å². The molecule has 0 spiro atoms. The topological polar surface area (TPSA) is 65.5 Å². The maximum Gasteiger partial charge on any atom is 0.264 e. The molecule has 2 aromatic carbocycles. The minimum absolute atomic E-state index is 0.196. The molecule has 0 aliphatic carbocycles. The van der Waals surface area contributed by atoms with Crippen LogP contribution in [0.1, 0.15) is 13.3 Å². The first kappa shape index (κ1) is 18.6. The summed E-state index contributed by atoms with van der Waals surface area (Å²) in [4.78, 5) is 2.33. The number of hydrogen-bond donors (Lipinski definition) is 0. The van der Waals surface area contributed by atoms with E-state index < -0.39 is 10.0 Å². The van der Waals surface area contributed by atoms with Crippen LogP contribution in [0.2, 0.25) is 0 Å². The van der Waals surface area contributed by atoms with Crippen molar-refractivity contribution in [2.45, 2.75) is 24.3 Å². The third kappa shape index (κ3) is 3.07. The molecular formula is C20H24N4O3S. The summed E-state index contributed by atoms with van der Waals surface area (Å²) in [5, 5.41) is 6.16. The van der Waals surface area contributed by atoms with Crippen molar-refractivity contribution >= 4 is 33.3 Å². The van der Waals surface area contributed by atoms with Crippen LogP contribution >= 0.6 is 0 Å². The molecule has 8 heteroatoms. The minimum atomic E-state index is -3.70. The van der Waals surface area contributed by atoms with Gasteiger partial charge in [0, 0.05) is 38.8 Å². The van der Waals surface area contributed by atoms with Crippen molar-refractivity contribution in [3.8, 4) is 5.75 Å². The Hall–Kier alpha value is -2.74. The van der Waals surface area contributed by atoms with Crippen LogP contribution in [0, 0.1) is 0 Å². The Morgan fingerprint density at radius 2 is 1.86 bits per heavy atom. The normalized spacial score (nSPS) is 19.1. The molecule has 28 heavy (non-hydrogen) atoms. The summed E-state index contributed by atoms with van der Waals surface area (Å²) in [5.74, 6) is 0.702. The molecule has 0 saturated carbocycles. The third-order valence-corrected chi connectivity index (χ3v) is 7.09. The van der Waals surface area contributed by atoms with Crippen molar-refractivity contribution in [2.75, 3.05) is 41.5 Å². The van der Waals surface area contributed by atoms with E-state index in [2.05, 4.69) is 10.0 Å². The van der Waals surface area contributed by atoms with E-state index in [0.29, 0.717) is 18.0 Å². The van der Waals surface area contributed by atoms with E-state index in [9.17, 15) is 8.42 Å². The zero-order chi connectivity index (χ0) is 19.9. The number of hydrazone groups is 1. The summed E-state index contributed by atoms with van der Waals surface area (Å²) in [5.41, 5.74) is 2.39. The van der Waals surface area contributed by atoms with Gasteiger partial charge in [-0.05, 0) is 43.3 Å². The Labute approximate surface area is 165 Å². The molecule has 2 aromatic rings. The molecule has 0 radical (unpaired) electrons. The Balaban J connectivity index is 1.72. The number of methoxy groups -OCH3 is 1. The average Bonchev–Trinajstić information content (AvgIpc) is 3.22. The Bertz CT molecular complexity index is 1000. The predicted octanol–water partition coefficient (Wildman–Crippen LogP) is 2.92.